The number of nitro benzene ring substituents is 1. The van der Waals surface area contributed by atoms with Gasteiger partial charge in [0.1, 0.15) is 6.61 Å². The number of rotatable bonds is 6. The van der Waals surface area contributed by atoms with E-state index in [9.17, 15) is 10.1 Å². The molecular formula is C23H20N6O4. The van der Waals surface area contributed by atoms with E-state index in [1.165, 1.54) is 12.1 Å². The monoisotopic (exact) mass is 444 g/mol. The van der Waals surface area contributed by atoms with Crippen LogP contribution in [0.1, 0.15) is 17.3 Å². The lowest BCUT2D eigenvalue weighted by Crippen LogP contribution is -2.31. The number of aliphatic imine (C=N–C) groups is 1. The lowest BCUT2D eigenvalue weighted by molar-refractivity contribution is -0.384. The molecular weight excluding hydrogens is 424 g/mol. The molecule has 166 valence electrons. The average molecular weight is 444 g/mol. The molecule has 1 atom stereocenters. The fourth-order valence-electron chi connectivity index (χ4n) is 3.78. The number of guanidine groups is 1. The molecule has 2 heterocycles. The van der Waals surface area contributed by atoms with Crippen LogP contribution >= 0.6 is 0 Å². The highest BCUT2D eigenvalue weighted by atomic mass is 16.6. The van der Waals surface area contributed by atoms with Crippen LogP contribution in [0.15, 0.2) is 71.7 Å². The van der Waals surface area contributed by atoms with Crippen molar-refractivity contribution in [3.05, 3.63) is 88.0 Å². The average Bonchev–Trinajstić information content (AvgIpc) is 3.20. The second-order valence-electron chi connectivity index (χ2n) is 7.43. The van der Waals surface area contributed by atoms with Gasteiger partial charge in [-0.3, -0.25) is 20.0 Å². The van der Waals surface area contributed by atoms with E-state index in [0.29, 0.717) is 17.4 Å². The van der Waals surface area contributed by atoms with Gasteiger partial charge in [-0.1, -0.05) is 18.2 Å². The highest BCUT2D eigenvalue weighted by Crippen LogP contribution is 2.36. The molecule has 1 aromatic heterocycles. The quantitative estimate of drug-likeness (QED) is 0.341. The Morgan fingerprint density at radius 2 is 1.91 bits per heavy atom. The number of hydrogen-bond acceptors (Lipinski definition) is 8. The first kappa shape index (κ1) is 20.3. The minimum atomic E-state index is -0.443. The molecule has 0 unspecified atom stereocenters. The minimum absolute atomic E-state index is 0.0306. The van der Waals surface area contributed by atoms with Crippen LogP contribution in [0.25, 0.3) is 11.0 Å². The first-order chi connectivity index (χ1) is 16.0. The van der Waals surface area contributed by atoms with E-state index < -0.39 is 11.1 Å². The van der Waals surface area contributed by atoms with E-state index in [1.807, 2.05) is 47.0 Å². The number of imidazole rings is 1. The Morgan fingerprint density at radius 1 is 1.12 bits per heavy atom. The third-order valence-electron chi connectivity index (χ3n) is 5.37. The minimum Gasteiger partial charge on any atom is -0.493 e. The second kappa shape index (κ2) is 8.15. The van der Waals surface area contributed by atoms with Gasteiger partial charge in [-0.2, -0.15) is 0 Å². The van der Waals surface area contributed by atoms with Crippen LogP contribution in [0, 0.1) is 10.1 Å². The van der Waals surface area contributed by atoms with Gasteiger partial charge in [0.05, 0.1) is 23.1 Å². The zero-order valence-corrected chi connectivity index (χ0v) is 17.6. The topological polar surface area (TPSA) is 130 Å². The van der Waals surface area contributed by atoms with E-state index in [0.717, 1.165) is 22.2 Å². The van der Waals surface area contributed by atoms with Crippen molar-refractivity contribution < 1.29 is 14.4 Å². The normalized spacial score (nSPS) is 14.8. The van der Waals surface area contributed by atoms with Crippen LogP contribution in [0.4, 0.5) is 11.6 Å². The molecule has 10 heteroatoms. The van der Waals surface area contributed by atoms with Gasteiger partial charge in [-0.15, -0.1) is 0 Å². The summed E-state index contributed by atoms with van der Waals surface area (Å²) in [6.45, 7) is 0.217. The number of nitro groups is 1. The summed E-state index contributed by atoms with van der Waals surface area (Å²) in [5.41, 5.74) is 9.46. The Morgan fingerprint density at radius 3 is 2.67 bits per heavy atom. The van der Waals surface area contributed by atoms with Crippen LogP contribution in [-0.4, -0.2) is 27.5 Å². The molecule has 0 saturated carbocycles. The standard InChI is InChI=1S/C23H20N6O4/c1-32-19-11-8-15(12-20(19)33-13-14-6-9-16(10-7-14)29(30)31)21-26-22(24)27-23-25-17-4-2-3-5-18(17)28(21)23/h2-12,21H,13H2,1H3,(H3,24,25,26,27)/t21-/m0/s1. The summed E-state index contributed by atoms with van der Waals surface area (Å²) in [6.07, 6.45) is -0.443. The third kappa shape index (κ3) is 3.78. The highest BCUT2D eigenvalue weighted by Gasteiger charge is 2.26. The number of nitrogens with two attached hydrogens (primary N) is 1. The molecule has 0 bridgehead atoms. The molecule has 5 rings (SSSR count). The highest BCUT2D eigenvalue weighted by molar-refractivity contribution is 5.94. The molecule has 33 heavy (non-hydrogen) atoms. The third-order valence-corrected chi connectivity index (χ3v) is 5.37. The van der Waals surface area contributed by atoms with E-state index in [4.69, 9.17) is 15.2 Å². The zero-order chi connectivity index (χ0) is 22.9. The number of fused-ring (bicyclic) bond motifs is 3. The maximum atomic E-state index is 10.9. The van der Waals surface area contributed by atoms with Crippen molar-refractivity contribution in [2.75, 3.05) is 12.4 Å². The summed E-state index contributed by atoms with van der Waals surface area (Å²) >= 11 is 0. The summed E-state index contributed by atoms with van der Waals surface area (Å²) in [7, 11) is 1.57. The lowest BCUT2D eigenvalue weighted by Gasteiger charge is -2.24. The summed E-state index contributed by atoms with van der Waals surface area (Å²) in [4.78, 5) is 19.7. The molecule has 0 amide bonds. The lowest BCUT2D eigenvalue weighted by atomic mass is 10.1. The molecule has 0 radical (unpaired) electrons. The Hall–Kier alpha value is -4.60. The number of non-ortho nitro benzene ring substituents is 1. The number of benzene rings is 3. The number of ether oxygens (including phenoxy) is 2. The van der Waals surface area contributed by atoms with E-state index in [1.54, 1.807) is 19.2 Å². The predicted molar refractivity (Wildman–Crippen MR) is 124 cm³/mol. The maximum absolute atomic E-state index is 10.9. The summed E-state index contributed by atoms with van der Waals surface area (Å²) in [6, 6.07) is 19.6. The molecule has 10 nitrogen and oxygen atoms in total. The van der Waals surface area contributed by atoms with Gasteiger partial charge in [0.2, 0.25) is 5.95 Å². The Labute approximate surface area is 188 Å². The van der Waals surface area contributed by atoms with Gasteiger partial charge >= 0.3 is 0 Å². The first-order valence-corrected chi connectivity index (χ1v) is 10.1. The molecule has 0 aliphatic carbocycles. The van der Waals surface area contributed by atoms with Gasteiger partial charge in [0.25, 0.3) is 5.69 Å². The van der Waals surface area contributed by atoms with Gasteiger partial charge in [0.15, 0.2) is 23.6 Å². The van der Waals surface area contributed by atoms with Gasteiger partial charge < -0.3 is 15.2 Å². The molecule has 0 saturated heterocycles. The number of anilines is 1. The number of para-hydroxylation sites is 2. The SMILES string of the molecule is COc1ccc([C@H]2N=C(N)Nc3nc4ccccc4n32)cc1OCc1ccc([N+](=O)[O-])cc1. The fourth-order valence-corrected chi connectivity index (χ4v) is 3.78. The zero-order valence-electron chi connectivity index (χ0n) is 17.6. The largest absolute Gasteiger partial charge is 0.493 e. The van der Waals surface area contributed by atoms with Crippen LogP contribution in [0.3, 0.4) is 0 Å². The number of aromatic nitrogens is 2. The summed E-state index contributed by atoms with van der Waals surface area (Å²) in [5.74, 6) is 1.96. The summed E-state index contributed by atoms with van der Waals surface area (Å²) < 4.78 is 13.5. The number of hydrogen-bond donors (Lipinski definition) is 2. The van der Waals surface area contributed by atoms with Crippen molar-refractivity contribution in [3.8, 4) is 11.5 Å². The Bertz CT molecular complexity index is 1380. The molecule has 0 spiro atoms. The Kier molecular flexibility index (Phi) is 5.02. The van der Waals surface area contributed by atoms with E-state index in [2.05, 4.69) is 15.3 Å². The summed E-state index contributed by atoms with van der Waals surface area (Å²) in [5, 5.41) is 13.9. The van der Waals surface area contributed by atoms with Crippen molar-refractivity contribution >= 4 is 28.6 Å². The van der Waals surface area contributed by atoms with Gasteiger partial charge in [-0.05, 0) is 42.0 Å². The predicted octanol–water partition coefficient (Wildman–Crippen LogP) is 3.82. The Balaban J connectivity index is 1.48. The van der Waals surface area contributed by atoms with Crippen LogP contribution in [-0.2, 0) is 6.61 Å². The van der Waals surface area contributed by atoms with Crippen molar-refractivity contribution in [2.45, 2.75) is 12.8 Å². The van der Waals surface area contributed by atoms with Gasteiger partial charge in [0, 0.05) is 17.7 Å². The number of nitrogens with zero attached hydrogens (tertiary/aromatic N) is 4. The number of methoxy groups -OCH3 is 1. The molecule has 0 fully saturated rings. The smallest absolute Gasteiger partial charge is 0.269 e. The molecule has 3 aromatic carbocycles. The van der Waals surface area contributed by atoms with Gasteiger partial charge in [-0.25, -0.2) is 9.98 Å². The van der Waals surface area contributed by atoms with E-state index >= 15 is 0 Å². The molecule has 1 aliphatic heterocycles. The van der Waals surface area contributed by atoms with E-state index in [-0.39, 0.29) is 18.3 Å². The van der Waals surface area contributed by atoms with Crippen LogP contribution in [0.2, 0.25) is 0 Å². The molecule has 1 aliphatic rings. The first-order valence-electron chi connectivity index (χ1n) is 10.1. The number of nitrogens with one attached hydrogen (secondary N) is 1. The van der Waals surface area contributed by atoms with Crippen molar-refractivity contribution in [1.29, 1.82) is 0 Å². The van der Waals surface area contributed by atoms with Crippen LogP contribution < -0.4 is 20.5 Å². The van der Waals surface area contributed by atoms with Crippen molar-refractivity contribution in [3.63, 3.8) is 0 Å². The molecule has 3 N–H and O–H groups in total. The van der Waals surface area contributed by atoms with Crippen molar-refractivity contribution in [2.24, 2.45) is 10.7 Å². The fraction of sp³-hybridized carbons (Fsp3) is 0.130. The van der Waals surface area contributed by atoms with Crippen molar-refractivity contribution in [1.82, 2.24) is 9.55 Å². The van der Waals surface area contributed by atoms with Crippen LogP contribution in [0.5, 0.6) is 11.5 Å². The molecule has 4 aromatic rings. The second-order valence-corrected chi connectivity index (χ2v) is 7.43. The maximum Gasteiger partial charge on any atom is 0.269 e.